The van der Waals surface area contributed by atoms with Crippen LogP contribution in [0.2, 0.25) is 0 Å². The van der Waals surface area contributed by atoms with E-state index >= 15 is 0 Å². The summed E-state index contributed by atoms with van der Waals surface area (Å²) in [5, 5.41) is 5.46. The highest BCUT2D eigenvalue weighted by Crippen LogP contribution is 2.18. The van der Waals surface area contributed by atoms with Crippen molar-refractivity contribution in [3.8, 4) is 0 Å². The average molecular weight is 254 g/mol. The summed E-state index contributed by atoms with van der Waals surface area (Å²) in [6, 6.07) is 7.92. The van der Waals surface area contributed by atoms with Gasteiger partial charge in [-0.25, -0.2) is 4.98 Å². The summed E-state index contributed by atoms with van der Waals surface area (Å²) < 4.78 is 3.54. The van der Waals surface area contributed by atoms with E-state index in [1.54, 1.807) is 21.8 Å². The van der Waals surface area contributed by atoms with E-state index in [-0.39, 0.29) is 5.78 Å². The predicted molar refractivity (Wildman–Crippen MR) is 72.0 cm³/mol. The van der Waals surface area contributed by atoms with Crippen LogP contribution in [0.5, 0.6) is 0 Å². The summed E-state index contributed by atoms with van der Waals surface area (Å²) in [6.45, 7) is 0. The Balaban J connectivity index is 1.98. The van der Waals surface area contributed by atoms with E-state index in [4.69, 9.17) is 0 Å². The molecule has 0 aliphatic rings. The number of rotatable bonds is 3. The second-order valence-corrected chi connectivity index (χ2v) is 4.58. The predicted octanol–water partition coefficient (Wildman–Crippen LogP) is 1.73. The first-order valence-electron chi connectivity index (χ1n) is 6.07. The molecule has 5 nitrogen and oxygen atoms in total. The summed E-state index contributed by atoms with van der Waals surface area (Å²) in [4.78, 5) is 16.2. The van der Waals surface area contributed by atoms with Crippen LogP contribution < -0.4 is 0 Å². The first-order valence-corrected chi connectivity index (χ1v) is 6.07. The van der Waals surface area contributed by atoms with Crippen LogP contribution >= 0.6 is 0 Å². The van der Waals surface area contributed by atoms with Gasteiger partial charge in [-0.1, -0.05) is 18.2 Å². The fraction of sp³-hybridized carbons (Fsp3) is 0.214. The normalized spacial score (nSPS) is 11.1. The molecular weight excluding hydrogens is 240 g/mol. The van der Waals surface area contributed by atoms with Gasteiger partial charge < -0.3 is 4.57 Å². The number of imidazole rings is 1. The van der Waals surface area contributed by atoms with Crippen molar-refractivity contribution in [2.45, 2.75) is 6.42 Å². The van der Waals surface area contributed by atoms with Crippen LogP contribution in [0, 0.1) is 0 Å². The van der Waals surface area contributed by atoms with Crippen molar-refractivity contribution in [2.75, 3.05) is 0 Å². The maximum absolute atomic E-state index is 12.2. The minimum atomic E-state index is 0.0313. The van der Waals surface area contributed by atoms with E-state index in [0.29, 0.717) is 12.1 Å². The summed E-state index contributed by atoms with van der Waals surface area (Å²) >= 11 is 0. The molecule has 0 atom stereocenters. The number of Topliss-reactive ketones (excluding diaryl/α,β-unsaturated/α-hetero) is 1. The van der Waals surface area contributed by atoms with Gasteiger partial charge in [0.2, 0.25) is 0 Å². The van der Waals surface area contributed by atoms with E-state index in [1.165, 1.54) is 0 Å². The molecule has 0 aliphatic heterocycles. The molecule has 0 spiro atoms. The summed E-state index contributed by atoms with van der Waals surface area (Å²) in [5.41, 5.74) is 2.45. The quantitative estimate of drug-likeness (QED) is 0.669. The molecule has 0 N–H and O–H groups in total. The second-order valence-electron chi connectivity index (χ2n) is 4.58. The maximum atomic E-state index is 12.2. The Kier molecular flexibility index (Phi) is 2.67. The molecule has 0 fully saturated rings. The van der Waals surface area contributed by atoms with Gasteiger partial charge in [-0.2, -0.15) is 5.10 Å². The third-order valence-electron chi connectivity index (χ3n) is 3.26. The highest BCUT2D eigenvalue weighted by atomic mass is 16.1. The van der Waals surface area contributed by atoms with Gasteiger partial charge in [0.15, 0.2) is 5.78 Å². The fourth-order valence-corrected chi connectivity index (χ4v) is 2.29. The zero-order valence-corrected chi connectivity index (χ0v) is 10.9. The number of fused-ring (bicyclic) bond motifs is 1. The maximum Gasteiger partial charge on any atom is 0.186 e. The Bertz CT molecular complexity index is 754. The average Bonchev–Trinajstić information content (AvgIpc) is 2.95. The Morgan fingerprint density at radius 1 is 1.26 bits per heavy atom. The first kappa shape index (κ1) is 11.6. The highest BCUT2D eigenvalue weighted by molar-refractivity contribution is 5.98. The Labute approximate surface area is 110 Å². The van der Waals surface area contributed by atoms with Crippen molar-refractivity contribution in [3.05, 3.63) is 48.2 Å². The Morgan fingerprint density at radius 3 is 2.79 bits per heavy atom. The van der Waals surface area contributed by atoms with Crippen LogP contribution in [0.25, 0.3) is 10.9 Å². The van der Waals surface area contributed by atoms with Crippen molar-refractivity contribution in [1.82, 2.24) is 19.3 Å². The molecular formula is C14H14N4O. The van der Waals surface area contributed by atoms with Crippen LogP contribution in [0.4, 0.5) is 0 Å². The van der Waals surface area contributed by atoms with Gasteiger partial charge in [0.25, 0.3) is 0 Å². The molecule has 96 valence electrons. The number of para-hydroxylation sites is 1. The molecule has 3 rings (SSSR count). The fourth-order valence-electron chi connectivity index (χ4n) is 2.29. The molecule has 0 aliphatic carbocycles. The third-order valence-corrected chi connectivity index (χ3v) is 3.26. The lowest BCUT2D eigenvalue weighted by Crippen LogP contribution is -2.09. The van der Waals surface area contributed by atoms with Gasteiger partial charge in [-0.3, -0.25) is 9.48 Å². The molecule has 5 heteroatoms. The van der Waals surface area contributed by atoms with Gasteiger partial charge in [0.05, 0.1) is 30.2 Å². The number of hydrogen-bond acceptors (Lipinski definition) is 3. The van der Waals surface area contributed by atoms with Gasteiger partial charge in [0.1, 0.15) is 5.69 Å². The molecule has 2 aromatic heterocycles. The molecule has 1 aromatic carbocycles. The number of nitrogens with zero attached hydrogens (tertiary/aromatic N) is 4. The smallest absolute Gasteiger partial charge is 0.186 e. The highest BCUT2D eigenvalue weighted by Gasteiger charge is 2.15. The minimum absolute atomic E-state index is 0.0313. The number of aryl methyl sites for hydroxylation is 2. The number of carbonyl (C=O) groups excluding carboxylic acids is 1. The van der Waals surface area contributed by atoms with Crippen molar-refractivity contribution >= 4 is 16.7 Å². The molecule has 19 heavy (non-hydrogen) atoms. The van der Waals surface area contributed by atoms with E-state index in [2.05, 4.69) is 10.1 Å². The minimum Gasteiger partial charge on any atom is -0.331 e. The van der Waals surface area contributed by atoms with E-state index in [9.17, 15) is 4.79 Å². The summed E-state index contributed by atoms with van der Waals surface area (Å²) in [7, 11) is 3.71. The molecule has 0 saturated carbocycles. The monoisotopic (exact) mass is 254 g/mol. The van der Waals surface area contributed by atoms with Gasteiger partial charge >= 0.3 is 0 Å². The third kappa shape index (κ3) is 1.93. The molecule has 0 saturated heterocycles. The second kappa shape index (κ2) is 4.35. The number of benzene rings is 1. The zero-order valence-electron chi connectivity index (χ0n) is 10.9. The number of hydrogen-bond donors (Lipinski definition) is 0. The topological polar surface area (TPSA) is 52.7 Å². The van der Waals surface area contributed by atoms with Crippen LogP contribution in [0.1, 0.15) is 16.2 Å². The van der Waals surface area contributed by atoms with Crippen LogP contribution in [0.15, 0.2) is 36.8 Å². The lowest BCUT2D eigenvalue weighted by Gasteiger charge is -1.99. The number of ketones is 1. The summed E-state index contributed by atoms with van der Waals surface area (Å²) in [6.07, 6.45) is 3.51. The lowest BCUT2D eigenvalue weighted by atomic mass is 10.1. The molecule has 2 heterocycles. The van der Waals surface area contributed by atoms with Crippen molar-refractivity contribution < 1.29 is 4.79 Å². The molecule has 0 unspecified atom stereocenters. The standard InChI is InChI=1S/C14H14N4O/c1-17-9-15-8-13(17)14(19)7-11-10-5-3-4-6-12(10)18(2)16-11/h3-6,8-9H,7H2,1-2H3. The lowest BCUT2D eigenvalue weighted by molar-refractivity contribution is 0.0984. The van der Waals surface area contributed by atoms with E-state index in [1.807, 2.05) is 38.4 Å². The Hall–Kier alpha value is -2.43. The van der Waals surface area contributed by atoms with Crippen LogP contribution in [0.3, 0.4) is 0 Å². The summed E-state index contributed by atoms with van der Waals surface area (Å²) in [5.74, 6) is 0.0313. The van der Waals surface area contributed by atoms with Crippen LogP contribution in [-0.2, 0) is 20.5 Å². The molecule has 3 aromatic rings. The first-order chi connectivity index (χ1) is 9.16. The number of aromatic nitrogens is 4. The van der Waals surface area contributed by atoms with Gasteiger partial charge in [-0.05, 0) is 6.07 Å². The van der Waals surface area contributed by atoms with Crippen molar-refractivity contribution in [3.63, 3.8) is 0 Å². The molecule has 0 bridgehead atoms. The van der Waals surface area contributed by atoms with E-state index < -0.39 is 0 Å². The van der Waals surface area contributed by atoms with Gasteiger partial charge in [0, 0.05) is 19.5 Å². The van der Waals surface area contributed by atoms with Gasteiger partial charge in [-0.15, -0.1) is 0 Å². The van der Waals surface area contributed by atoms with E-state index in [0.717, 1.165) is 16.6 Å². The molecule has 0 amide bonds. The van der Waals surface area contributed by atoms with Crippen LogP contribution in [-0.4, -0.2) is 25.1 Å². The Morgan fingerprint density at radius 2 is 2.05 bits per heavy atom. The largest absolute Gasteiger partial charge is 0.331 e. The number of carbonyl (C=O) groups is 1. The van der Waals surface area contributed by atoms with Crippen molar-refractivity contribution in [2.24, 2.45) is 14.1 Å². The molecule has 0 radical (unpaired) electrons. The SMILES string of the molecule is Cn1cncc1C(=O)Cc1nn(C)c2ccccc12. The zero-order chi connectivity index (χ0) is 13.4. The van der Waals surface area contributed by atoms with Crippen molar-refractivity contribution in [1.29, 1.82) is 0 Å².